The maximum absolute atomic E-state index is 14.2. The number of hydrogen-bond acceptors (Lipinski definition) is 5. The van der Waals surface area contributed by atoms with E-state index in [2.05, 4.69) is 25.1 Å². The molecule has 1 aliphatic carbocycles. The number of pyridine rings is 3. The monoisotopic (exact) mass is 518 g/mol. The van der Waals surface area contributed by atoms with Crippen LogP contribution in [0.15, 0.2) is 67.1 Å². The first-order valence-electron chi connectivity index (χ1n) is 13.3. The third kappa shape index (κ3) is 4.52. The van der Waals surface area contributed by atoms with E-state index >= 15 is 0 Å². The number of nitrogens with one attached hydrogen (secondary N) is 2. The van der Waals surface area contributed by atoms with Gasteiger partial charge in [-0.15, -0.1) is 0 Å². The van der Waals surface area contributed by atoms with Crippen molar-refractivity contribution in [1.82, 2.24) is 30.1 Å². The minimum atomic E-state index is -0.280. The van der Waals surface area contributed by atoms with Gasteiger partial charge >= 0.3 is 0 Å². The first kappa shape index (κ1) is 23.5. The van der Waals surface area contributed by atoms with Crippen molar-refractivity contribution in [2.24, 2.45) is 0 Å². The van der Waals surface area contributed by atoms with Crippen LogP contribution in [0.25, 0.3) is 55.8 Å². The lowest BCUT2D eigenvalue weighted by Gasteiger charge is -2.22. The Balaban J connectivity index is 1.26. The number of nitrogens with zero attached hydrogens (tertiary/aromatic N) is 4. The number of aryl methyl sites for hydroxylation is 1. The number of hydrogen-bond donors (Lipinski definition) is 2. The zero-order valence-electron chi connectivity index (χ0n) is 21.5. The van der Waals surface area contributed by atoms with Crippen molar-refractivity contribution < 1.29 is 9.13 Å². The van der Waals surface area contributed by atoms with E-state index in [1.54, 1.807) is 12.4 Å². The Morgan fingerprint density at radius 2 is 1.79 bits per heavy atom. The van der Waals surface area contributed by atoms with Crippen LogP contribution in [0.1, 0.15) is 37.7 Å². The molecule has 0 radical (unpaired) electrons. The van der Waals surface area contributed by atoms with E-state index in [1.807, 2.05) is 49.5 Å². The maximum atomic E-state index is 14.2. The minimum absolute atomic E-state index is 0.254. The molecule has 0 aliphatic heterocycles. The molecule has 0 atom stereocenters. The standard InChI is InChI=1S/C31H27FN6O/c1-18-11-19(13-21(32)12-18)29-24-15-28(35-26(24)9-10-34-29)31-30-27(37-38-31)8-7-25(36-30)20-14-23(17-33-16-20)39-22-5-3-2-4-6-22/h7-17,22,35H,2-6H2,1H3,(H,37,38). The van der Waals surface area contributed by atoms with Crippen LogP contribution >= 0.6 is 0 Å². The molecular formula is C31H27FN6O. The molecule has 7 rings (SSSR count). The van der Waals surface area contributed by atoms with E-state index in [-0.39, 0.29) is 11.9 Å². The smallest absolute Gasteiger partial charge is 0.138 e. The van der Waals surface area contributed by atoms with Crippen LogP contribution in [0.5, 0.6) is 5.75 Å². The minimum Gasteiger partial charge on any atom is -0.489 e. The Kier molecular flexibility index (Phi) is 5.80. The molecule has 5 aromatic heterocycles. The first-order valence-corrected chi connectivity index (χ1v) is 13.3. The summed E-state index contributed by atoms with van der Waals surface area (Å²) in [5.41, 5.74) is 7.94. The molecule has 0 unspecified atom stereocenters. The summed E-state index contributed by atoms with van der Waals surface area (Å²) in [5, 5.41) is 8.57. The Morgan fingerprint density at radius 1 is 0.897 bits per heavy atom. The van der Waals surface area contributed by atoms with Crippen LogP contribution in [-0.4, -0.2) is 36.2 Å². The van der Waals surface area contributed by atoms with Crippen molar-refractivity contribution in [2.45, 2.75) is 45.1 Å². The molecule has 0 spiro atoms. The average Bonchev–Trinajstić information content (AvgIpc) is 3.57. The molecule has 0 amide bonds. The molecular weight excluding hydrogens is 491 g/mol. The molecule has 1 aromatic carbocycles. The topological polar surface area (TPSA) is 92.4 Å². The molecule has 7 nitrogen and oxygen atoms in total. The second kappa shape index (κ2) is 9.62. The van der Waals surface area contributed by atoms with Gasteiger partial charge in [0.15, 0.2) is 0 Å². The van der Waals surface area contributed by atoms with Crippen molar-refractivity contribution in [3.63, 3.8) is 0 Å². The summed E-state index contributed by atoms with van der Waals surface area (Å²) >= 11 is 0. The number of ether oxygens (including phenoxy) is 1. The van der Waals surface area contributed by atoms with Crippen LogP contribution in [-0.2, 0) is 0 Å². The van der Waals surface area contributed by atoms with E-state index in [0.29, 0.717) is 11.4 Å². The molecule has 2 N–H and O–H groups in total. The van der Waals surface area contributed by atoms with Crippen molar-refractivity contribution in [2.75, 3.05) is 0 Å². The van der Waals surface area contributed by atoms with Gasteiger partial charge in [-0.3, -0.25) is 15.1 Å². The predicted octanol–water partition coefficient (Wildman–Crippen LogP) is 7.39. The van der Waals surface area contributed by atoms with Crippen LogP contribution in [0.4, 0.5) is 4.39 Å². The van der Waals surface area contributed by atoms with Gasteiger partial charge in [-0.05, 0) is 86.7 Å². The second-order valence-electron chi connectivity index (χ2n) is 10.3. The molecule has 0 bridgehead atoms. The molecule has 6 aromatic rings. The molecule has 0 saturated heterocycles. The second-order valence-corrected chi connectivity index (χ2v) is 10.3. The van der Waals surface area contributed by atoms with E-state index in [1.165, 1.54) is 31.4 Å². The maximum Gasteiger partial charge on any atom is 0.138 e. The van der Waals surface area contributed by atoms with Gasteiger partial charge in [-0.1, -0.05) is 6.42 Å². The highest BCUT2D eigenvalue weighted by atomic mass is 19.1. The first-order chi connectivity index (χ1) is 19.1. The summed E-state index contributed by atoms with van der Waals surface area (Å²) < 4.78 is 20.4. The lowest BCUT2D eigenvalue weighted by molar-refractivity contribution is 0.154. The summed E-state index contributed by atoms with van der Waals surface area (Å²) in [6, 6.07) is 14.8. The predicted molar refractivity (Wildman–Crippen MR) is 150 cm³/mol. The van der Waals surface area contributed by atoms with Gasteiger partial charge in [-0.2, -0.15) is 5.10 Å². The zero-order valence-corrected chi connectivity index (χ0v) is 21.5. The Morgan fingerprint density at radius 3 is 2.67 bits per heavy atom. The van der Waals surface area contributed by atoms with Crippen molar-refractivity contribution in [3.05, 3.63) is 78.5 Å². The third-order valence-corrected chi connectivity index (χ3v) is 7.39. The SMILES string of the molecule is Cc1cc(F)cc(-c2nccc3[nH]c(-c4n[nH]c5ccc(-c6cncc(OC7CCCCC7)c6)nc45)cc23)c1. The number of rotatable bonds is 5. The number of halogens is 1. The molecule has 1 fully saturated rings. The van der Waals surface area contributed by atoms with E-state index < -0.39 is 0 Å². The normalized spacial score (nSPS) is 14.3. The van der Waals surface area contributed by atoms with Gasteiger partial charge in [0.1, 0.15) is 22.8 Å². The lowest BCUT2D eigenvalue weighted by Crippen LogP contribution is -2.19. The Labute approximate surface area is 224 Å². The highest BCUT2D eigenvalue weighted by molar-refractivity contribution is 5.99. The number of H-pyrrole nitrogens is 2. The van der Waals surface area contributed by atoms with Gasteiger partial charge in [0.2, 0.25) is 0 Å². The van der Waals surface area contributed by atoms with E-state index in [9.17, 15) is 4.39 Å². The summed E-state index contributed by atoms with van der Waals surface area (Å²) in [6.45, 7) is 1.88. The fourth-order valence-corrected chi connectivity index (χ4v) is 5.53. The quantitative estimate of drug-likeness (QED) is 0.248. The van der Waals surface area contributed by atoms with Crippen LogP contribution in [0.3, 0.4) is 0 Å². The van der Waals surface area contributed by atoms with Crippen LogP contribution in [0, 0.1) is 12.7 Å². The molecule has 8 heteroatoms. The third-order valence-electron chi connectivity index (χ3n) is 7.39. The highest BCUT2D eigenvalue weighted by Gasteiger charge is 2.18. The van der Waals surface area contributed by atoms with Crippen molar-refractivity contribution in [1.29, 1.82) is 0 Å². The highest BCUT2D eigenvalue weighted by Crippen LogP contribution is 2.34. The molecule has 5 heterocycles. The summed E-state index contributed by atoms with van der Waals surface area (Å²) in [4.78, 5) is 17.4. The fraction of sp³-hybridized carbons (Fsp3) is 0.226. The van der Waals surface area contributed by atoms with E-state index in [0.717, 1.165) is 68.6 Å². The summed E-state index contributed by atoms with van der Waals surface area (Å²) in [6.07, 6.45) is 11.5. The summed E-state index contributed by atoms with van der Waals surface area (Å²) in [5.74, 6) is 0.495. The van der Waals surface area contributed by atoms with Crippen molar-refractivity contribution in [3.8, 4) is 39.7 Å². The van der Waals surface area contributed by atoms with E-state index in [4.69, 9.17) is 9.72 Å². The number of benzene rings is 1. The van der Waals surface area contributed by atoms with Crippen molar-refractivity contribution >= 4 is 21.9 Å². The number of aromatic amines is 2. The Hall–Kier alpha value is -4.59. The molecule has 39 heavy (non-hydrogen) atoms. The van der Waals surface area contributed by atoms with Crippen LogP contribution in [0.2, 0.25) is 0 Å². The fourth-order valence-electron chi connectivity index (χ4n) is 5.53. The summed E-state index contributed by atoms with van der Waals surface area (Å²) in [7, 11) is 0. The van der Waals surface area contributed by atoms with Crippen LogP contribution < -0.4 is 4.74 Å². The molecule has 194 valence electrons. The van der Waals surface area contributed by atoms with Gasteiger partial charge in [0, 0.05) is 34.4 Å². The zero-order chi connectivity index (χ0) is 26.3. The lowest BCUT2D eigenvalue weighted by atomic mass is 9.98. The number of aromatic nitrogens is 6. The average molecular weight is 519 g/mol. The molecule has 1 aliphatic rings. The van der Waals surface area contributed by atoms with Gasteiger partial charge in [-0.25, -0.2) is 9.37 Å². The van der Waals surface area contributed by atoms with Gasteiger partial charge < -0.3 is 9.72 Å². The number of fused-ring (bicyclic) bond motifs is 2. The Bertz CT molecular complexity index is 1800. The van der Waals surface area contributed by atoms with Gasteiger partial charge in [0.05, 0.1) is 34.9 Å². The molecule has 1 saturated carbocycles. The van der Waals surface area contributed by atoms with Gasteiger partial charge in [0.25, 0.3) is 0 Å². The largest absolute Gasteiger partial charge is 0.489 e.